The van der Waals surface area contributed by atoms with E-state index in [0.717, 1.165) is 17.3 Å². The van der Waals surface area contributed by atoms with Crippen molar-refractivity contribution in [1.29, 1.82) is 0 Å². The predicted octanol–water partition coefficient (Wildman–Crippen LogP) is 3.81. The quantitative estimate of drug-likeness (QED) is 0.898. The second-order valence-electron chi connectivity index (χ2n) is 5.50. The highest BCUT2D eigenvalue weighted by Gasteiger charge is 2.27. The molecule has 1 aromatic carbocycles. The fraction of sp³-hybridized carbons (Fsp3) is 0.533. The Bertz CT molecular complexity index is 475. The summed E-state index contributed by atoms with van der Waals surface area (Å²) in [6, 6.07) is 5.30. The lowest BCUT2D eigenvalue weighted by Gasteiger charge is -2.34. The third-order valence-corrected chi connectivity index (χ3v) is 4.46. The number of carbonyl (C=O) groups excluding carboxylic acids is 1. The molecule has 0 aliphatic heterocycles. The Labute approximate surface area is 122 Å². The molecule has 104 valence electrons. The van der Waals surface area contributed by atoms with E-state index in [1.54, 1.807) is 23.1 Å². The van der Waals surface area contributed by atoms with E-state index >= 15 is 0 Å². The summed E-state index contributed by atoms with van der Waals surface area (Å²) in [5.41, 5.74) is 0.379. The molecule has 2 rings (SSSR count). The van der Waals surface area contributed by atoms with Crippen LogP contribution in [0.1, 0.15) is 43.0 Å². The minimum Gasteiger partial charge on any atom is -0.507 e. The molecule has 1 amide bonds. The van der Waals surface area contributed by atoms with Crippen LogP contribution in [0.25, 0.3) is 0 Å². The molecular formula is C15H20BrNO2. The number of amides is 1. The molecule has 0 aromatic heterocycles. The maximum absolute atomic E-state index is 12.4. The van der Waals surface area contributed by atoms with Gasteiger partial charge >= 0.3 is 0 Å². The van der Waals surface area contributed by atoms with Crippen molar-refractivity contribution >= 4 is 21.8 Å². The molecule has 0 bridgehead atoms. The average molecular weight is 326 g/mol. The first kappa shape index (κ1) is 14.4. The Morgan fingerprint density at radius 3 is 2.79 bits per heavy atom. The smallest absolute Gasteiger partial charge is 0.257 e. The summed E-state index contributed by atoms with van der Waals surface area (Å²) in [6.07, 6.45) is 4.54. The van der Waals surface area contributed by atoms with Gasteiger partial charge in [0, 0.05) is 17.6 Å². The highest BCUT2D eigenvalue weighted by Crippen LogP contribution is 2.29. The van der Waals surface area contributed by atoms with Gasteiger partial charge in [0.25, 0.3) is 5.91 Å². The van der Waals surface area contributed by atoms with E-state index in [-0.39, 0.29) is 11.7 Å². The number of phenols is 1. The van der Waals surface area contributed by atoms with E-state index in [4.69, 9.17) is 0 Å². The summed E-state index contributed by atoms with van der Waals surface area (Å²) < 4.78 is 0.774. The Morgan fingerprint density at radius 2 is 2.16 bits per heavy atom. The molecule has 0 spiro atoms. The van der Waals surface area contributed by atoms with Crippen molar-refractivity contribution in [1.82, 2.24) is 4.90 Å². The van der Waals surface area contributed by atoms with Crippen LogP contribution in [0.2, 0.25) is 0 Å². The van der Waals surface area contributed by atoms with E-state index in [2.05, 4.69) is 22.9 Å². The van der Waals surface area contributed by atoms with Crippen molar-refractivity contribution in [2.75, 3.05) is 7.05 Å². The number of carbonyl (C=O) groups is 1. The molecule has 3 nitrogen and oxygen atoms in total. The highest BCUT2D eigenvalue weighted by molar-refractivity contribution is 9.10. The molecule has 1 fully saturated rings. The van der Waals surface area contributed by atoms with Crippen molar-refractivity contribution < 1.29 is 9.90 Å². The van der Waals surface area contributed by atoms with Crippen molar-refractivity contribution in [2.24, 2.45) is 5.92 Å². The van der Waals surface area contributed by atoms with E-state index in [1.807, 2.05) is 7.05 Å². The van der Waals surface area contributed by atoms with Crippen LogP contribution in [0.5, 0.6) is 5.75 Å². The number of hydrogen-bond acceptors (Lipinski definition) is 2. The molecule has 2 unspecified atom stereocenters. The number of nitrogens with zero attached hydrogens (tertiary/aromatic N) is 1. The Hall–Kier alpha value is -1.03. The highest BCUT2D eigenvalue weighted by atomic mass is 79.9. The summed E-state index contributed by atoms with van der Waals surface area (Å²) >= 11 is 3.28. The fourth-order valence-corrected chi connectivity index (χ4v) is 3.14. The molecule has 0 saturated heterocycles. The van der Waals surface area contributed by atoms with Crippen LogP contribution in [0.4, 0.5) is 0 Å². The van der Waals surface area contributed by atoms with Gasteiger partial charge < -0.3 is 10.0 Å². The van der Waals surface area contributed by atoms with Crippen LogP contribution in [-0.4, -0.2) is 29.0 Å². The zero-order valence-electron chi connectivity index (χ0n) is 11.4. The Morgan fingerprint density at radius 1 is 1.42 bits per heavy atom. The largest absolute Gasteiger partial charge is 0.507 e. The van der Waals surface area contributed by atoms with Gasteiger partial charge in [-0.25, -0.2) is 0 Å². The number of rotatable bonds is 2. The van der Waals surface area contributed by atoms with Crippen molar-refractivity contribution in [2.45, 2.75) is 38.6 Å². The average Bonchev–Trinajstić information content (AvgIpc) is 2.37. The summed E-state index contributed by atoms with van der Waals surface area (Å²) in [6.45, 7) is 2.24. The molecule has 1 aliphatic carbocycles. The number of aromatic hydroxyl groups is 1. The number of hydrogen-bond donors (Lipinski definition) is 1. The normalized spacial score (nSPS) is 23.1. The molecule has 2 atom stereocenters. The number of benzene rings is 1. The van der Waals surface area contributed by atoms with Crippen LogP contribution in [-0.2, 0) is 0 Å². The van der Waals surface area contributed by atoms with E-state index in [9.17, 15) is 9.90 Å². The summed E-state index contributed by atoms with van der Waals surface area (Å²) in [5, 5.41) is 9.88. The second kappa shape index (κ2) is 5.95. The van der Waals surface area contributed by atoms with Gasteiger partial charge in [-0.3, -0.25) is 4.79 Å². The van der Waals surface area contributed by atoms with Gasteiger partial charge in [-0.2, -0.15) is 0 Å². The third-order valence-electron chi connectivity index (χ3n) is 3.97. The minimum atomic E-state index is -0.0934. The molecule has 0 radical (unpaired) electrons. The van der Waals surface area contributed by atoms with Crippen LogP contribution in [0.3, 0.4) is 0 Å². The zero-order chi connectivity index (χ0) is 14.0. The van der Waals surface area contributed by atoms with E-state index in [1.165, 1.54) is 12.8 Å². The molecule has 4 heteroatoms. The molecule has 19 heavy (non-hydrogen) atoms. The van der Waals surface area contributed by atoms with Crippen molar-refractivity contribution in [3.8, 4) is 5.75 Å². The van der Waals surface area contributed by atoms with Gasteiger partial charge in [0.2, 0.25) is 0 Å². The van der Waals surface area contributed by atoms with Crippen LogP contribution in [0.15, 0.2) is 22.7 Å². The van der Waals surface area contributed by atoms with Crippen molar-refractivity contribution in [3.63, 3.8) is 0 Å². The molecule has 1 saturated carbocycles. The lowest BCUT2D eigenvalue weighted by Crippen LogP contribution is -2.39. The first-order valence-corrected chi connectivity index (χ1v) is 7.54. The lowest BCUT2D eigenvalue weighted by molar-refractivity contribution is 0.0669. The van der Waals surface area contributed by atoms with E-state index < -0.39 is 0 Å². The number of phenolic OH excluding ortho intramolecular Hbond substituents is 1. The monoisotopic (exact) mass is 325 g/mol. The first-order chi connectivity index (χ1) is 8.99. The molecule has 1 aliphatic rings. The van der Waals surface area contributed by atoms with E-state index in [0.29, 0.717) is 17.5 Å². The Kier molecular flexibility index (Phi) is 4.50. The predicted molar refractivity (Wildman–Crippen MR) is 79.3 cm³/mol. The van der Waals surface area contributed by atoms with Crippen molar-refractivity contribution in [3.05, 3.63) is 28.2 Å². The number of halogens is 1. The molecular weight excluding hydrogens is 306 g/mol. The first-order valence-electron chi connectivity index (χ1n) is 6.74. The molecule has 0 heterocycles. The molecule has 1 aromatic rings. The third kappa shape index (κ3) is 3.30. The van der Waals surface area contributed by atoms with Crippen LogP contribution < -0.4 is 0 Å². The second-order valence-corrected chi connectivity index (χ2v) is 6.42. The topological polar surface area (TPSA) is 40.5 Å². The van der Waals surface area contributed by atoms with Gasteiger partial charge in [-0.15, -0.1) is 0 Å². The summed E-state index contributed by atoms with van der Waals surface area (Å²) in [4.78, 5) is 14.2. The standard InChI is InChI=1S/C15H20BrNO2/c1-10-4-3-5-12(8-10)17(2)15(19)13-7-6-11(16)9-14(13)18/h6-7,9-10,12,18H,3-5,8H2,1-2H3. The summed E-state index contributed by atoms with van der Waals surface area (Å²) in [7, 11) is 1.84. The lowest BCUT2D eigenvalue weighted by atomic mass is 9.86. The van der Waals surface area contributed by atoms with Gasteiger partial charge in [-0.05, 0) is 37.0 Å². The van der Waals surface area contributed by atoms with Crippen LogP contribution >= 0.6 is 15.9 Å². The molecule has 1 N–H and O–H groups in total. The summed E-state index contributed by atoms with van der Waals surface area (Å²) in [5.74, 6) is 0.617. The van der Waals surface area contributed by atoms with Gasteiger partial charge in [0.1, 0.15) is 5.75 Å². The van der Waals surface area contributed by atoms with Crippen LogP contribution in [0, 0.1) is 5.92 Å². The van der Waals surface area contributed by atoms with Gasteiger partial charge in [-0.1, -0.05) is 35.7 Å². The maximum atomic E-state index is 12.4. The van der Waals surface area contributed by atoms with Gasteiger partial charge in [0.05, 0.1) is 5.56 Å². The SMILES string of the molecule is CC1CCCC(N(C)C(=O)c2ccc(Br)cc2O)C1. The van der Waals surface area contributed by atoms with Gasteiger partial charge in [0.15, 0.2) is 0 Å². The Balaban J connectivity index is 2.14. The minimum absolute atomic E-state index is 0.0371. The zero-order valence-corrected chi connectivity index (χ0v) is 13.0. The maximum Gasteiger partial charge on any atom is 0.257 e. The fourth-order valence-electron chi connectivity index (χ4n) is 2.80.